The number of carbonyl (C=O) groups excluding carboxylic acids is 1. The number of hydrogen-bond donors (Lipinski definition) is 0. The Morgan fingerprint density at radius 1 is 1.21 bits per heavy atom. The van der Waals surface area contributed by atoms with E-state index in [0.717, 1.165) is 53.1 Å². The van der Waals surface area contributed by atoms with Crippen LogP contribution in [0.15, 0.2) is 47.4 Å². The molecule has 0 bridgehead atoms. The second kappa shape index (κ2) is 9.26. The van der Waals surface area contributed by atoms with Crippen LogP contribution in [0.1, 0.15) is 15.9 Å². The van der Waals surface area contributed by atoms with E-state index in [-0.39, 0.29) is 5.91 Å². The van der Waals surface area contributed by atoms with Gasteiger partial charge in [-0.2, -0.15) is 0 Å². The maximum Gasteiger partial charge on any atom is 0.260 e. The number of thioether (sulfide) groups is 1. The topological polar surface area (TPSA) is 45.7 Å². The van der Waals surface area contributed by atoms with Crippen molar-refractivity contribution in [3.63, 3.8) is 0 Å². The van der Waals surface area contributed by atoms with Gasteiger partial charge in [0, 0.05) is 36.6 Å². The molecule has 2 heterocycles. The van der Waals surface area contributed by atoms with Gasteiger partial charge in [-0.3, -0.25) is 14.6 Å². The molecule has 1 fully saturated rings. The van der Waals surface area contributed by atoms with Gasteiger partial charge in [-0.1, -0.05) is 17.4 Å². The number of aromatic nitrogens is 1. The second-order valence-corrected chi connectivity index (χ2v) is 9.00. The molecule has 4 rings (SSSR count). The van der Waals surface area contributed by atoms with Crippen molar-refractivity contribution in [1.82, 2.24) is 9.88 Å². The highest BCUT2D eigenvalue weighted by Gasteiger charge is 2.23. The number of hydrogen-bond acceptors (Lipinski definition) is 6. The minimum atomic E-state index is 0.00157. The molecular formula is C22H25N3O2S2. The summed E-state index contributed by atoms with van der Waals surface area (Å²) in [4.78, 5) is 23.5. The second-order valence-electron chi connectivity index (χ2n) is 7.11. The summed E-state index contributed by atoms with van der Waals surface area (Å²) >= 11 is 3.26. The van der Waals surface area contributed by atoms with Crippen molar-refractivity contribution in [3.8, 4) is 0 Å². The summed E-state index contributed by atoms with van der Waals surface area (Å²) < 4.78 is 6.56. The van der Waals surface area contributed by atoms with Crippen LogP contribution >= 0.6 is 23.1 Å². The number of rotatable bonds is 6. The van der Waals surface area contributed by atoms with Gasteiger partial charge in [-0.05, 0) is 55.1 Å². The van der Waals surface area contributed by atoms with E-state index < -0.39 is 0 Å². The minimum absolute atomic E-state index is 0.00157. The number of morpholine rings is 1. The van der Waals surface area contributed by atoms with Gasteiger partial charge >= 0.3 is 0 Å². The zero-order chi connectivity index (χ0) is 20.2. The number of fused-ring (bicyclic) bond motifs is 1. The number of nitrogens with zero attached hydrogens (tertiary/aromatic N) is 3. The van der Waals surface area contributed by atoms with E-state index >= 15 is 0 Å². The fourth-order valence-corrected chi connectivity index (χ4v) is 4.87. The highest BCUT2D eigenvalue weighted by Crippen LogP contribution is 2.30. The molecule has 0 atom stereocenters. The molecule has 0 spiro atoms. The van der Waals surface area contributed by atoms with Gasteiger partial charge in [-0.15, -0.1) is 11.8 Å². The average molecular weight is 428 g/mol. The van der Waals surface area contributed by atoms with Crippen molar-refractivity contribution in [2.45, 2.75) is 11.8 Å². The van der Waals surface area contributed by atoms with E-state index in [0.29, 0.717) is 12.1 Å². The zero-order valence-electron chi connectivity index (χ0n) is 16.8. The predicted octanol–water partition coefficient (Wildman–Crippen LogP) is 4.31. The van der Waals surface area contributed by atoms with Gasteiger partial charge in [0.05, 0.1) is 23.4 Å². The minimum Gasteiger partial charge on any atom is -0.379 e. The van der Waals surface area contributed by atoms with Crippen molar-refractivity contribution in [1.29, 1.82) is 0 Å². The van der Waals surface area contributed by atoms with Crippen LogP contribution in [0.3, 0.4) is 0 Å². The van der Waals surface area contributed by atoms with Gasteiger partial charge < -0.3 is 4.74 Å². The molecule has 0 unspecified atom stereocenters. The summed E-state index contributed by atoms with van der Waals surface area (Å²) in [7, 11) is 0. The van der Waals surface area contributed by atoms with E-state index in [9.17, 15) is 4.79 Å². The summed E-state index contributed by atoms with van der Waals surface area (Å²) in [5.41, 5.74) is 2.84. The summed E-state index contributed by atoms with van der Waals surface area (Å²) in [6.45, 7) is 6.82. The lowest BCUT2D eigenvalue weighted by Gasteiger charge is -2.29. The number of amides is 1. The smallest absolute Gasteiger partial charge is 0.260 e. The average Bonchev–Trinajstić information content (AvgIpc) is 3.17. The Morgan fingerprint density at radius 3 is 2.69 bits per heavy atom. The Bertz CT molecular complexity index is 981. The molecule has 152 valence electrons. The zero-order valence-corrected chi connectivity index (χ0v) is 18.4. The summed E-state index contributed by atoms with van der Waals surface area (Å²) in [5, 5.41) is 0.762. The van der Waals surface area contributed by atoms with Crippen LogP contribution in [0.5, 0.6) is 0 Å². The van der Waals surface area contributed by atoms with Crippen LogP contribution in [0, 0.1) is 6.92 Å². The first-order valence-electron chi connectivity index (χ1n) is 9.77. The number of thiazole rings is 1. The molecule has 0 radical (unpaired) electrons. The van der Waals surface area contributed by atoms with Crippen molar-refractivity contribution in [3.05, 3.63) is 53.6 Å². The lowest BCUT2D eigenvalue weighted by atomic mass is 10.2. The number of benzene rings is 2. The van der Waals surface area contributed by atoms with Crippen molar-refractivity contribution < 1.29 is 9.53 Å². The molecule has 29 heavy (non-hydrogen) atoms. The number of carbonyl (C=O) groups is 1. The van der Waals surface area contributed by atoms with Gasteiger partial charge in [0.1, 0.15) is 0 Å². The van der Waals surface area contributed by atoms with E-state index in [2.05, 4.69) is 24.0 Å². The van der Waals surface area contributed by atoms with Crippen molar-refractivity contribution in [2.75, 3.05) is 50.5 Å². The Hall–Kier alpha value is -1.93. The lowest BCUT2D eigenvalue weighted by Crippen LogP contribution is -2.43. The molecule has 5 nitrogen and oxygen atoms in total. The highest BCUT2D eigenvalue weighted by molar-refractivity contribution is 7.98. The standard InChI is InChI=1S/C22H25N3O2S2/c1-16-3-8-19-20(15-16)29-22(23-19)25(10-9-24-11-13-27-14-12-24)21(26)17-4-6-18(28-2)7-5-17/h3-8,15H,9-14H2,1-2H3. The SMILES string of the molecule is CSc1ccc(C(=O)N(CCN2CCOCC2)c2nc3ccc(C)cc3s2)cc1. The number of aryl methyl sites for hydroxylation is 1. The van der Waals surface area contributed by atoms with E-state index in [1.165, 1.54) is 5.56 Å². The van der Waals surface area contributed by atoms with E-state index in [1.54, 1.807) is 23.1 Å². The number of anilines is 1. The maximum absolute atomic E-state index is 13.4. The molecule has 1 saturated heterocycles. The van der Waals surface area contributed by atoms with Crippen LogP contribution < -0.4 is 4.90 Å². The van der Waals surface area contributed by atoms with E-state index in [4.69, 9.17) is 9.72 Å². The summed E-state index contributed by atoms with van der Waals surface area (Å²) in [6.07, 6.45) is 2.04. The van der Waals surface area contributed by atoms with Crippen LogP contribution in [-0.4, -0.2) is 61.4 Å². The largest absolute Gasteiger partial charge is 0.379 e. The molecule has 1 aromatic heterocycles. The quantitative estimate of drug-likeness (QED) is 0.549. The number of ether oxygens (including phenoxy) is 1. The first kappa shape index (κ1) is 20.3. The van der Waals surface area contributed by atoms with E-state index in [1.807, 2.05) is 41.5 Å². The normalized spacial score (nSPS) is 15.0. The van der Waals surface area contributed by atoms with Gasteiger partial charge in [0.15, 0.2) is 5.13 Å². The molecule has 0 N–H and O–H groups in total. The van der Waals surface area contributed by atoms with Gasteiger partial charge in [0.2, 0.25) is 0 Å². The van der Waals surface area contributed by atoms with Crippen LogP contribution in [0.2, 0.25) is 0 Å². The Morgan fingerprint density at radius 2 is 1.97 bits per heavy atom. The maximum atomic E-state index is 13.4. The molecule has 0 saturated carbocycles. The predicted molar refractivity (Wildman–Crippen MR) is 122 cm³/mol. The molecule has 0 aliphatic carbocycles. The molecular weight excluding hydrogens is 402 g/mol. The third kappa shape index (κ3) is 4.80. The molecule has 7 heteroatoms. The Labute approximate surface area is 179 Å². The molecule has 3 aromatic rings. The van der Waals surface area contributed by atoms with Crippen LogP contribution in [-0.2, 0) is 4.74 Å². The van der Waals surface area contributed by atoms with Crippen LogP contribution in [0.4, 0.5) is 5.13 Å². The first-order chi connectivity index (χ1) is 14.1. The first-order valence-corrected chi connectivity index (χ1v) is 11.8. The lowest BCUT2D eigenvalue weighted by molar-refractivity contribution is 0.0391. The van der Waals surface area contributed by atoms with Crippen molar-refractivity contribution in [2.24, 2.45) is 0 Å². The Kier molecular flexibility index (Phi) is 6.50. The third-order valence-electron chi connectivity index (χ3n) is 5.09. The summed E-state index contributed by atoms with van der Waals surface area (Å²) in [6, 6.07) is 14.0. The fraction of sp³-hybridized carbons (Fsp3) is 0.364. The highest BCUT2D eigenvalue weighted by atomic mass is 32.2. The van der Waals surface area contributed by atoms with Crippen molar-refractivity contribution >= 4 is 44.4 Å². The van der Waals surface area contributed by atoms with Crippen LogP contribution in [0.25, 0.3) is 10.2 Å². The van der Waals surface area contributed by atoms with Gasteiger partial charge in [0.25, 0.3) is 5.91 Å². The third-order valence-corrected chi connectivity index (χ3v) is 6.87. The van der Waals surface area contributed by atoms with Gasteiger partial charge in [-0.25, -0.2) is 4.98 Å². The fourth-order valence-electron chi connectivity index (χ4n) is 3.37. The molecule has 2 aromatic carbocycles. The molecule has 1 aliphatic rings. The molecule has 1 aliphatic heterocycles. The molecule has 1 amide bonds. The monoisotopic (exact) mass is 427 g/mol. The summed E-state index contributed by atoms with van der Waals surface area (Å²) in [5.74, 6) is 0.00157. The Balaban J connectivity index is 1.61.